The number of hydrogen-bond acceptors (Lipinski definition) is 4. The van der Waals surface area contributed by atoms with E-state index in [9.17, 15) is 8.78 Å². The first-order valence-corrected chi connectivity index (χ1v) is 4.37. The van der Waals surface area contributed by atoms with Crippen LogP contribution in [0.3, 0.4) is 0 Å². The van der Waals surface area contributed by atoms with E-state index >= 15 is 0 Å². The Kier molecular flexibility index (Phi) is 2.82. The SMILES string of the molecule is OCc1coc(Oc2cc(F)ccc2F)n1. The van der Waals surface area contributed by atoms with Gasteiger partial charge in [0.15, 0.2) is 11.6 Å². The van der Waals surface area contributed by atoms with E-state index in [1.807, 2.05) is 0 Å². The number of nitrogens with zero attached hydrogens (tertiary/aromatic N) is 1. The van der Waals surface area contributed by atoms with Crippen molar-refractivity contribution in [2.24, 2.45) is 0 Å². The van der Waals surface area contributed by atoms with E-state index in [1.54, 1.807) is 0 Å². The van der Waals surface area contributed by atoms with Crippen LogP contribution in [0.2, 0.25) is 0 Å². The Morgan fingerprint density at radius 2 is 2.19 bits per heavy atom. The van der Waals surface area contributed by atoms with Gasteiger partial charge in [-0.25, -0.2) is 8.78 Å². The van der Waals surface area contributed by atoms with Crippen molar-refractivity contribution >= 4 is 0 Å². The Morgan fingerprint density at radius 3 is 2.88 bits per heavy atom. The molecule has 4 nitrogen and oxygen atoms in total. The Morgan fingerprint density at radius 1 is 1.38 bits per heavy atom. The number of ether oxygens (including phenoxy) is 1. The van der Waals surface area contributed by atoms with Crippen molar-refractivity contribution in [3.8, 4) is 11.8 Å². The van der Waals surface area contributed by atoms with Gasteiger partial charge in [-0.15, -0.1) is 0 Å². The average molecular weight is 227 g/mol. The van der Waals surface area contributed by atoms with E-state index in [0.29, 0.717) is 0 Å². The molecule has 1 aromatic heterocycles. The Balaban J connectivity index is 2.22. The van der Waals surface area contributed by atoms with Crippen LogP contribution >= 0.6 is 0 Å². The molecule has 6 heteroatoms. The second-order valence-corrected chi connectivity index (χ2v) is 2.94. The van der Waals surface area contributed by atoms with E-state index < -0.39 is 11.6 Å². The summed E-state index contributed by atoms with van der Waals surface area (Å²) in [5, 5.41) is 8.70. The van der Waals surface area contributed by atoms with Gasteiger partial charge in [-0.1, -0.05) is 0 Å². The zero-order valence-electron chi connectivity index (χ0n) is 7.98. The van der Waals surface area contributed by atoms with Crippen LogP contribution in [-0.2, 0) is 6.61 Å². The van der Waals surface area contributed by atoms with Crippen LogP contribution in [-0.4, -0.2) is 10.1 Å². The third-order valence-corrected chi connectivity index (χ3v) is 1.78. The van der Waals surface area contributed by atoms with E-state index in [2.05, 4.69) is 4.98 Å². The summed E-state index contributed by atoms with van der Waals surface area (Å²) in [7, 11) is 0. The maximum absolute atomic E-state index is 13.1. The molecule has 0 unspecified atom stereocenters. The van der Waals surface area contributed by atoms with Crippen molar-refractivity contribution in [1.82, 2.24) is 4.98 Å². The zero-order valence-corrected chi connectivity index (χ0v) is 7.98. The maximum Gasteiger partial charge on any atom is 0.399 e. The molecule has 2 aromatic rings. The van der Waals surface area contributed by atoms with Crippen LogP contribution in [0.15, 0.2) is 28.9 Å². The minimum absolute atomic E-state index is 0.242. The lowest BCUT2D eigenvalue weighted by atomic mass is 10.3. The van der Waals surface area contributed by atoms with E-state index in [4.69, 9.17) is 14.3 Å². The summed E-state index contributed by atoms with van der Waals surface area (Å²) in [6.07, 6.45) is 0.903. The van der Waals surface area contributed by atoms with Crippen molar-refractivity contribution in [3.63, 3.8) is 0 Å². The second kappa shape index (κ2) is 4.28. The normalized spacial score (nSPS) is 10.4. The van der Waals surface area contributed by atoms with Crippen molar-refractivity contribution in [2.45, 2.75) is 6.61 Å². The van der Waals surface area contributed by atoms with Gasteiger partial charge in [0.1, 0.15) is 17.8 Å². The molecule has 1 heterocycles. The molecule has 84 valence electrons. The summed E-state index contributed by atoms with van der Waals surface area (Å²) in [6.45, 7) is -0.321. The highest BCUT2D eigenvalue weighted by molar-refractivity contribution is 5.27. The minimum atomic E-state index is -0.731. The van der Waals surface area contributed by atoms with Gasteiger partial charge >= 0.3 is 6.08 Å². The van der Waals surface area contributed by atoms with Crippen LogP contribution in [0.1, 0.15) is 5.69 Å². The largest absolute Gasteiger partial charge is 0.417 e. The highest BCUT2D eigenvalue weighted by atomic mass is 19.1. The zero-order chi connectivity index (χ0) is 11.5. The van der Waals surface area contributed by atoms with E-state index in [0.717, 1.165) is 24.5 Å². The topological polar surface area (TPSA) is 55.5 Å². The number of oxazole rings is 1. The summed E-state index contributed by atoms with van der Waals surface area (Å²) in [5.41, 5.74) is 0.242. The molecule has 0 aliphatic heterocycles. The lowest BCUT2D eigenvalue weighted by Crippen LogP contribution is -1.90. The van der Waals surface area contributed by atoms with Crippen LogP contribution in [0.4, 0.5) is 8.78 Å². The van der Waals surface area contributed by atoms with Crippen molar-refractivity contribution in [3.05, 3.63) is 41.8 Å². The molecule has 1 N–H and O–H groups in total. The quantitative estimate of drug-likeness (QED) is 0.873. The lowest BCUT2D eigenvalue weighted by molar-refractivity contribution is 0.276. The Bertz CT molecular complexity index is 499. The van der Waals surface area contributed by atoms with Gasteiger partial charge in [0.2, 0.25) is 0 Å². The number of benzene rings is 1. The van der Waals surface area contributed by atoms with Crippen LogP contribution in [0, 0.1) is 11.6 Å². The molecule has 0 aliphatic rings. The molecular weight excluding hydrogens is 220 g/mol. The fourth-order valence-corrected chi connectivity index (χ4v) is 1.06. The van der Waals surface area contributed by atoms with Crippen molar-refractivity contribution in [1.29, 1.82) is 0 Å². The van der Waals surface area contributed by atoms with E-state index in [-0.39, 0.29) is 24.1 Å². The first-order valence-electron chi connectivity index (χ1n) is 4.37. The molecule has 0 saturated heterocycles. The van der Waals surface area contributed by atoms with Gasteiger partial charge in [0.25, 0.3) is 0 Å². The Hall–Kier alpha value is -1.95. The predicted octanol–water partition coefficient (Wildman–Crippen LogP) is 2.24. The summed E-state index contributed by atoms with van der Waals surface area (Å²) in [4.78, 5) is 3.67. The summed E-state index contributed by atoms with van der Waals surface area (Å²) in [6, 6.07) is 2.77. The molecule has 0 spiro atoms. The van der Waals surface area contributed by atoms with Gasteiger partial charge in [-0.3, -0.25) is 0 Å². The minimum Gasteiger partial charge on any atom is -0.417 e. The number of aliphatic hydroxyl groups is 1. The monoisotopic (exact) mass is 227 g/mol. The molecule has 0 amide bonds. The molecule has 0 fully saturated rings. The number of rotatable bonds is 3. The third kappa shape index (κ3) is 2.17. The summed E-state index contributed by atoms with van der Waals surface area (Å²) in [5.74, 6) is -1.69. The molecule has 0 bridgehead atoms. The summed E-state index contributed by atoms with van der Waals surface area (Å²) < 4.78 is 35.6. The number of halogens is 2. The van der Waals surface area contributed by atoms with Gasteiger partial charge in [-0.2, -0.15) is 4.98 Å². The van der Waals surface area contributed by atoms with Gasteiger partial charge in [0.05, 0.1) is 6.61 Å². The Labute approximate surface area is 89.1 Å². The fourth-order valence-electron chi connectivity index (χ4n) is 1.06. The number of aromatic nitrogens is 1. The first-order chi connectivity index (χ1) is 7.69. The smallest absolute Gasteiger partial charge is 0.399 e. The highest BCUT2D eigenvalue weighted by Gasteiger charge is 2.10. The highest BCUT2D eigenvalue weighted by Crippen LogP contribution is 2.24. The van der Waals surface area contributed by atoms with Crippen molar-refractivity contribution < 1.29 is 23.0 Å². The fraction of sp³-hybridized carbons (Fsp3) is 0.100. The van der Waals surface area contributed by atoms with Crippen LogP contribution < -0.4 is 4.74 Å². The number of aliphatic hydroxyl groups excluding tert-OH is 1. The van der Waals surface area contributed by atoms with E-state index in [1.165, 1.54) is 0 Å². The van der Waals surface area contributed by atoms with Crippen LogP contribution in [0.25, 0.3) is 0 Å². The molecule has 0 atom stereocenters. The standard InChI is InChI=1S/C10H7F2NO3/c11-6-1-2-8(12)9(3-6)16-10-13-7(4-14)5-15-10/h1-3,5,14H,4H2. The molecule has 0 saturated carbocycles. The average Bonchev–Trinajstić information content (AvgIpc) is 2.71. The first kappa shape index (κ1) is 10.6. The maximum atomic E-state index is 13.1. The third-order valence-electron chi connectivity index (χ3n) is 1.78. The van der Waals surface area contributed by atoms with Gasteiger partial charge in [0, 0.05) is 6.07 Å². The van der Waals surface area contributed by atoms with Crippen LogP contribution in [0.5, 0.6) is 11.8 Å². The summed E-state index contributed by atoms with van der Waals surface area (Å²) >= 11 is 0. The molecular formula is C10H7F2NO3. The molecule has 16 heavy (non-hydrogen) atoms. The van der Waals surface area contributed by atoms with Gasteiger partial charge in [-0.05, 0) is 12.1 Å². The van der Waals surface area contributed by atoms with Gasteiger partial charge < -0.3 is 14.3 Å². The number of hydrogen-bond donors (Lipinski definition) is 1. The predicted molar refractivity (Wildman–Crippen MR) is 48.9 cm³/mol. The molecule has 2 rings (SSSR count). The second-order valence-electron chi connectivity index (χ2n) is 2.94. The molecule has 0 aliphatic carbocycles. The molecule has 0 radical (unpaired) electrons. The molecule has 1 aromatic carbocycles. The lowest BCUT2D eigenvalue weighted by Gasteiger charge is -2.01. The van der Waals surface area contributed by atoms with Crippen molar-refractivity contribution in [2.75, 3.05) is 0 Å².